The van der Waals surface area contributed by atoms with Crippen LogP contribution >= 0.6 is 0 Å². The lowest BCUT2D eigenvalue weighted by molar-refractivity contribution is -0.0923. The summed E-state index contributed by atoms with van der Waals surface area (Å²) in [6, 6.07) is 0. The second-order valence-corrected chi connectivity index (χ2v) is 2.28. The molecule has 0 aromatic carbocycles. The van der Waals surface area contributed by atoms with E-state index in [1.165, 1.54) is 6.92 Å². The van der Waals surface area contributed by atoms with Gasteiger partial charge in [-0.15, -0.1) is 0 Å². The molecule has 0 saturated heterocycles. The maximum Gasteiger partial charge on any atom is 0.433 e. The second kappa shape index (κ2) is 7.35. The van der Waals surface area contributed by atoms with Crippen molar-refractivity contribution in [1.29, 1.82) is 0 Å². The average molecular weight is 207 g/mol. The molecule has 0 heterocycles. The monoisotopic (exact) mass is 207 g/mol. The standard InChI is InChI=1S/C8H10F3N.C2H6/c1-4-7(8(9,10)11)12-5-6(2)3;1-2/h4-5H,2H2,1,3H3;1-2H3/b7-4-,12-5?;. The van der Waals surface area contributed by atoms with Crippen molar-refractivity contribution >= 4 is 6.21 Å². The summed E-state index contributed by atoms with van der Waals surface area (Å²) in [4.78, 5) is 3.22. The van der Waals surface area contributed by atoms with Gasteiger partial charge in [0.2, 0.25) is 0 Å². The normalized spacial score (nSPS) is 12.4. The number of hydrogen-bond donors (Lipinski definition) is 0. The fraction of sp³-hybridized carbons (Fsp3) is 0.500. The van der Waals surface area contributed by atoms with E-state index in [0.717, 1.165) is 12.3 Å². The van der Waals surface area contributed by atoms with E-state index in [1.807, 2.05) is 13.8 Å². The van der Waals surface area contributed by atoms with E-state index in [9.17, 15) is 13.2 Å². The molecule has 14 heavy (non-hydrogen) atoms. The summed E-state index contributed by atoms with van der Waals surface area (Å²) in [6.07, 6.45) is -2.37. The number of hydrogen-bond acceptors (Lipinski definition) is 1. The molecule has 0 fully saturated rings. The number of nitrogens with zero attached hydrogens (tertiary/aromatic N) is 1. The highest BCUT2D eigenvalue weighted by Gasteiger charge is 2.32. The Bertz CT molecular complexity index is 224. The summed E-state index contributed by atoms with van der Waals surface area (Å²) in [5.41, 5.74) is -0.413. The highest BCUT2D eigenvalue weighted by molar-refractivity contribution is 5.77. The van der Waals surface area contributed by atoms with Gasteiger partial charge in [-0.05, 0) is 19.4 Å². The lowest BCUT2D eigenvalue weighted by atomic mass is 10.3. The van der Waals surface area contributed by atoms with Gasteiger partial charge in [0.15, 0.2) is 0 Å². The molecule has 1 nitrogen and oxygen atoms in total. The van der Waals surface area contributed by atoms with Crippen LogP contribution < -0.4 is 0 Å². The molecule has 0 rings (SSSR count). The maximum atomic E-state index is 12.0. The molecule has 0 radical (unpaired) electrons. The fourth-order valence-electron chi connectivity index (χ4n) is 0.491. The maximum absolute atomic E-state index is 12.0. The summed E-state index contributed by atoms with van der Waals surface area (Å²) in [7, 11) is 0. The number of halogens is 3. The van der Waals surface area contributed by atoms with Gasteiger partial charge in [-0.3, -0.25) is 4.99 Å². The quantitative estimate of drug-likeness (QED) is 0.604. The van der Waals surface area contributed by atoms with E-state index < -0.39 is 11.9 Å². The fourth-order valence-corrected chi connectivity index (χ4v) is 0.491. The molecule has 0 unspecified atom stereocenters. The summed E-state index contributed by atoms with van der Waals surface area (Å²) in [5, 5.41) is 0. The SMILES string of the molecule is C=C(C)C=N/C(=C\C)C(F)(F)F.CC. The minimum Gasteiger partial charge on any atom is -0.252 e. The Morgan fingerprint density at radius 3 is 1.93 bits per heavy atom. The third-order valence-corrected chi connectivity index (χ3v) is 0.988. The summed E-state index contributed by atoms with van der Waals surface area (Å²) in [5.74, 6) is 0. The first-order valence-electron chi connectivity index (χ1n) is 4.31. The molecular formula is C10H16F3N. The first-order valence-corrected chi connectivity index (χ1v) is 4.31. The molecule has 4 heteroatoms. The van der Waals surface area contributed by atoms with Crippen LogP contribution in [0.1, 0.15) is 27.7 Å². The van der Waals surface area contributed by atoms with Gasteiger partial charge in [-0.1, -0.05) is 26.5 Å². The van der Waals surface area contributed by atoms with Gasteiger partial charge in [0.25, 0.3) is 0 Å². The van der Waals surface area contributed by atoms with Crippen molar-refractivity contribution in [3.63, 3.8) is 0 Å². The Labute approximate surface area is 83.0 Å². The van der Waals surface area contributed by atoms with Crippen molar-refractivity contribution < 1.29 is 13.2 Å². The van der Waals surface area contributed by atoms with E-state index >= 15 is 0 Å². The van der Waals surface area contributed by atoms with Crippen molar-refractivity contribution in [3.8, 4) is 0 Å². The first kappa shape index (κ1) is 15.4. The zero-order valence-corrected chi connectivity index (χ0v) is 8.94. The van der Waals surface area contributed by atoms with Crippen LogP contribution in [0.25, 0.3) is 0 Å². The number of allylic oxidation sites excluding steroid dienone is 3. The predicted octanol–water partition coefficient (Wildman–Crippen LogP) is 4.13. The summed E-state index contributed by atoms with van der Waals surface area (Å²) >= 11 is 0. The average Bonchev–Trinajstić information content (AvgIpc) is 2.06. The number of aliphatic imine (C=N–C) groups is 1. The van der Waals surface area contributed by atoms with Gasteiger partial charge in [0.1, 0.15) is 5.70 Å². The van der Waals surface area contributed by atoms with Crippen LogP contribution in [-0.4, -0.2) is 12.4 Å². The third-order valence-electron chi connectivity index (χ3n) is 0.988. The van der Waals surface area contributed by atoms with Crippen LogP contribution in [0.4, 0.5) is 13.2 Å². The molecule has 0 aliphatic rings. The Hall–Kier alpha value is -1.06. The van der Waals surface area contributed by atoms with Crippen molar-refractivity contribution in [3.05, 3.63) is 23.9 Å². The van der Waals surface area contributed by atoms with E-state index in [-0.39, 0.29) is 0 Å². The van der Waals surface area contributed by atoms with Crippen LogP contribution in [0, 0.1) is 0 Å². The van der Waals surface area contributed by atoms with Gasteiger partial charge >= 0.3 is 6.18 Å². The van der Waals surface area contributed by atoms with Crippen LogP contribution in [-0.2, 0) is 0 Å². The largest absolute Gasteiger partial charge is 0.433 e. The summed E-state index contributed by atoms with van der Waals surface area (Å²) in [6.45, 7) is 10.3. The van der Waals surface area contributed by atoms with Crippen LogP contribution in [0.5, 0.6) is 0 Å². The minimum absolute atomic E-state index is 0.485. The zero-order valence-electron chi connectivity index (χ0n) is 8.94. The molecule has 0 atom stereocenters. The highest BCUT2D eigenvalue weighted by atomic mass is 19.4. The molecule has 0 aliphatic carbocycles. The lowest BCUT2D eigenvalue weighted by Gasteiger charge is -2.04. The van der Waals surface area contributed by atoms with Gasteiger partial charge in [0, 0.05) is 6.21 Å². The molecule has 0 aromatic heterocycles. The van der Waals surface area contributed by atoms with Gasteiger partial charge < -0.3 is 0 Å². The molecular weight excluding hydrogens is 191 g/mol. The van der Waals surface area contributed by atoms with Crippen LogP contribution in [0.15, 0.2) is 28.9 Å². The first-order chi connectivity index (χ1) is 6.38. The number of alkyl halides is 3. The molecule has 0 N–H and O–H groups in total. The van der Waals surface area contributed by atoms with Crippen LogP contribution in [0.3, 0.4) is 0 Å². The highest BCUT2D eigenvalue weighted by Crippen LogP contribution is 2.25. The van der Waals surface area contributed by atoms with E-state index in [4.69, 9.17) is 0 Å². The zero-order chi connectivity index (χ0) is 11.8. The van der Waals surface area contributed by atoms with Crippen molar-refractivity contribution in [2.45, 2.75) is 33.9 Å². The molecule has 0 aliphatic heterocycles. The van der Waals surface area contributed by atoms with E-state index in [1.54, 1.807) is 6.92 Å². The molecule has 82 valence electrons. The minimum atomic E-state index is -4.37. The topological polar surface area (TPSA) is 12.4 Å². The van der Waals surface area contributed by atoms with Gasteiger partial charge in [-0.2, -0.15) is 13.2 Å². The number of rotatable bonds is 2. The Morgan fingerprint density at radius 2 is 1.71 bits per heavy atom. The van der Waals surface area contributed by atoms with E-state index in [2.05, 4.69) is 11.6 Å². The van der Waals surface area contributed by atoms with Crippen LogP contribution in [0.2, 0.25) is 0 Å². The molecule has 0 spiro atoms. The van der Waals surface area contributed by atoms with Gasteiger partial charge in [0.05, 0.1) is 0 Å². The smallest absolute Gasteiger partial charge is 0.252 e. The summed E-state index contributed by atoms with van der Waals surface area (Å²) < 4.78 is 35.9. The van der Waals surface area contributed by atoms with Crippen molar-refractivity contribution in [2.75, 3.05) is 0 Å². The predicted molar refractivity (Wildman–Crippen MR) is 54.5 cm³/mol. The Morgan fingerprint density at radius 1 is 1.29 bits per heavy atom. The molecule has 0 saturated carbocycles. The molecule has 0 aromatic rings. The van der Waals surface area contributed by atoms with Crippen molar-refractivity contribution in [1.82, 2.24) is 0 Å². The Kier molecular flexibility index (Phi) is 8.10. The molecule has 0 bridgehead atoms. The van der Waals surface area contributed by atoms with Gasteiger partial charge in [-0.25, -0.2) is 0 Å². The lowest BCUT2D eigenvalue weighted by Crippen LogP contribution is -2.09. The Balaban J connectivity index is 0. The second-order valence-electron chi connectivity index (χ2n) is 2.28. The van der Waals surface area contributed by atoms with E-state index in [0.29, 0.717) is 5.57 Å². The molecule has 0 amide bonds. The third kappa shape index (κ3) is 7.58. The van der Waals surface area contributed by atoms with Crippen molar-refractivity contribution in [2.24, 2.45) is 4.99 Å².